The van der Waals surface area contributed by atoms with Gasteiger partial charge in [0.15, 0.2) is 5.11 Å². The summed E-state index contributed by atoms with van der Waals surface area (Å²) in [4.78, 5) is 0. The lowest BCUT2D eigenvalue weighted by molar-refractivity contribution is 0.428. The number of nitrogens with zero attached hydrogens (tertiary/aromatic N) is 1. The highest BCUT2D eigenvalue weighted by Crippen LogP contribution is 2.01. The van der Waals surface area contributed by atoms with E-state index >= 15 is 0 Å². The molecule has 15 heavy (non-hydrogen) atoms. The molecule has 0 amide bonds. The van der Waals surface area contributed by atoms with E-state index in [-0.39, 0.29) is 0 Å². The summed E-state index contributed by atoms with van der Waals surface area (Å²) >= 11 is 5.08. The molecule has 0 atom stereocenters. The van der Waals surface area contributed by atoms with Gasteiger partial charge in [0, 0.05) is 6.54 Å². The highest BCUT2D eigenvalue weighted by Gasteiger charge is 2.03. The topological polar surface area (TPSA) is 41.3 Å². The van der Waals surface area contributed by atoms with Gasteiger partial charge < -0.3 is 5.32 Å². The Labute approximate surface area is 95.5 Å². The molecule has 0 heterocycles. The van der Waals surface area contributed by atoms with Crippen LogP contribution in [0.3, 0.4) is 0 Å². The molecule has 0 bridgehead atoms. The molecular weight excluding hydrogens is 206 g/mol. The van der Waals surface area contributed by atoms with Crippen LogP contribution in [0.2, 0.25) is 0 Å². The van der Waals surface area contributed by atoms with Gasteiger partial charge in [-0.05, 0) is 17.8 Å². The van der Waals surface area contributed by atoms with E-state index in [1.54, 1.807) is 6.08 Å². The van der Waals surface area contributed by atoms with Crippen molar-refractivity contribution in [3.05, 3.63) is 48.6 Å². The maximum absolute atomic E-state index is 5.79. The molecule has 80 valence electrons. The second kappa shape index (κ2) is 6.16. The van der Waals surface area contributed by atoms with Gasteiger partial charge in [-0.25, -0.2) is 5.84 Å². The smallest absolute Gasteiger partial charge is 0.183 e. The van der Waals surface area contributed by atoms with Crippen LogP contribution in [-0.4, -0.2) is 16.7 Å². The molecule has 0 aromatic heterocycles. The van der Waals surface area contributed by atoms with Crippen LogP contribution in [0.4, 0.5) is 0 Å². The number of hydrogen-bond donors (Lipinski definition) is 2. The first-order valence-corrected chi connectivity index (χ1v) is 5.09. The summed E-state index contributed by atoms with van der Waals surface area (Å²) in [5.41, 5.74) is 1.13. The van der Waals surface area contributed by atoms with Crippen molar-refractivity contribution in [3.63, 3.8) is 0 Å². The third-order valence-corrected chi connectivity index (χ3v) is 2.23. The van der Waals surface area contributed by atoms with Crippen molar-refractivity contribution in [3.8, 4) is 0 Å². The van der Waals surface area contributed by atoms with Gasteiger partial charge >= 0.3 is 0 Å². The molecule has 3 nitrogen and oxygen atoms in total. The molecule has 0 saturated heterocycles. The van der Waals surface area contributed by atoms with E-state index in [1.807, 2.05) is 30.3 Å². The van der Waals surface area contributed by atoms with E-state index in [9.17, 15) is 0 Å². The highest BCUT2D eigenvalue weighted by molar-refractivity contribution is 7.80. The van der Waals surface area contributed by atoms with Gasteiger partial charge in [-0.15, -0.1) is 6.58 Å². The SMILES string of the molecule is C=CCNC(=S)N(N)Cc1ccccc1. The number of hydrazine groups is 1. The van der Waals surface area contributed by atoms with Crippen LogP contribution in [0.25, 0.3) is 0 Å². The summed E-state index contributed by atoms with van der Waals surface area (Å²) in [5, 5.41) is 5.00. The number of nitrogens with two attached hydrogens (primary N) is 1. The normalized spacial score (nSPS) is 9.40. The van der Waals surface area contributed by atoms with Crippen molar-refractivity contribution in [2.75, 3.05) is 6.54 Å². The number of thiocarbonyl (C=S) groups is 1. The fraction of sp³-hybridized carbons (Fsp3) is 0.182. The maximum Gasteiger partial charge on any atom is 0.183 e. The number of rotatable bonds is 4. The number of nitrogens with one attached hydrogen (secondary N) is 1. The molecule has 4 heteroatoms. The van der Waals surface area contributed by atoms with Gasteiger partial charge in [0.05, 0.1) is 6.54 Å². The summed E-state index contributed by atoms with van der Waals surface area (Å²) < 4.78 is 0. The van der Waals surface area contributed by atoms with Crippen molar-refractivity contribution < 1.29 is 0 Å². The van der Waals surface area contributed by atoms with Crippen LogP contribution in [0.1, 0.15) is 5.56 Å². The minimum absolute atomic E-state index is 0.527. The van der Waals surface area contributed by atoms with E-state index in [0.717, 1.165) is 5.56 Å². The molecule has 3 N–H and O–H groups in total. The van der Waals surface area contributed by atoms with Crippen LogP contribution < -0.4 is 11.2 Å². The number of benzene rings is 1. The Bertz CT molecular complexity index is 324. The van der Waals surface area contributed by atoms with Crippen LogP contribution in [0, 0.1) is 0 Å². The quantitative estimate of drug-likeness (QED) is 0.349. The molecule has 0 fully saturated rings. The van der Waals surface area contributed by atoms with Gasteiger partial charge in [-0.2, -0.15) is 0 Å². The summed E-state index contributed by atoms with van der Waals surface area (Å²) in [6.45, 7) is 4.82. The Hall–Kier alpha value is -1.39. The van der Waals surface area contributed by atoms with E-state index in [1.165, 1.54) is 5.01 Å². The third kappa shape index (κ3) is 4.10. The van der Waals surface area contributed by atoms with Crippen molar-refractivity contribution >= 4 is 17.3 Å². The average molecular weight is 221 g/mol. The summed E-state index contributed by atoms with van der Waals surface area (Å²) in [7, 11) is 0. The molecule has 0 aliphatic rings. The number of hydrogen-bond acceptors (Lipinski definition) is 2. The largest absolute Gasteiger partial charge is 0.358 e. The maximum atomic E-state index is 5.79. The second-order valence-corrected chi connectivity index (χ2v) is 3.47. The molecule has 1 aromatic carbocycles. The van der Waals surface area contributed by atoms with E-state index < -0.39 is 0 Å². The van der Waals surface area contributed by atoms with Crippen molar-refractivity contribution in [2.45, 2.75) is 6.54 Å². The molecule has 0 aliphatic heterocycles. The predicted octanol–water partition coefficient (Wildman–Crippen LogP) is 1.42. The first kappa shape index (κ1) is 11.7. The minimum atomic E-state index is 0.527. The van der Waals surface area contributed by atoms with E-state index in [0.29, 0.717) is 18.2 Å². The highest BCUT2D eigenvalue weighted by atomic mass is 32.1. The van der Waals surface area contributed by atoms with Gasteiger partial charge in [0.1, 0.15) is 0 Å². The molecule has 0 spiro atoms. The van der Waals surface area contributed by atoms with E-state index in [4.69, 9.17) is 18.1 Å². The third-order valence-electron chi connectivity index (χ3n) is 1.85. The minimum Gasteiger partial charge on any atom is -0.358 e. The zero-order valence-corrected chi connectivity index (χ0v) is 9.33. The lowest BCUT2D eigenvalue weighted by Crippen LogP contribution is -2.43. The Morgan fingerprint density at radius 1 is 1.47 bits per heavy atom. The molecule has 1 rings (SSSR count). The lowest BCUT2D eigenvalue weighted by atomic mass is 10.2. The van der Waals surface area contributed by atoms with Crippen LogP contribution in [0.5, 0.6) is 0 Å². The molecule has 0 unspecified atom stereocenters. The Morgan fingerprint density at radius 3 is 2.73 bits per heavy atom. The monoisotopic (exact) mass is 221 g/mol. The summed E-state index contributed by atoms with van der Waals surface area (Å²) in [5.74, 6) is 5.79. The Balaban J connectivity index is 2.45. The molecule has 1 aromatic rings. The first-order valence-electron chi connectivity index (χ1n) is 4.69. The van der Waals surface area contributed by atoms with Gasteiger partial charge in [0.2, 0.25) is 0 Å². The zero-order valence-electron chi connectivity index (χ0n) is 8.52. The van der Waals surface area contributed by atoms with Gasteiger partial charge in [-0.1, -0.05) is 36.4 Å². The molecule has 0 aliphatic carbocycles. The van der Waals surface area contributed by atoms with Gasteiger partial charge in [0.25, 0.3) is 0 Å². The van der Waals surface area contributed by atoms with Crippen molar-refractivity contribution in [2.24, 2.45) is 5.84 Å². The fourth-order valence-electron chi connectivity index (χ4n) is 1.11. The van der Waals surface area contributed by atoms with Crippen LogP contribution >= 0.6 is 12.2 Å². The lowest BCUT2D eigenvalue weighted by Gasteiger charge is -2.19. The molecular formula is C11H15N3S. The van der Waals surface area contributed by atoms with E-state index in [2.05, 4.69) is 11.9 Å². The van der Waals surface area contributed by atoms with Crippen molar-refractivity contribution in [1.29, 1.82) is 0 Å². The zero-order chi connectivity index (χ0) is 11.1. The first-order chi connectivity index (χ1) is 7.24. The van der Waals surface area contributed by atoms with Crippen LogP contribution in [-0.2, 0) is 6.54 Å². The second-order valence-electron chi connectivity index (χ2n) is 3.09. The Kier molecular flexibility index (Phi) is 4.80. The Morgan fingerprint density at radius 2 is 2.13 bits per heavy atom. The fourth-order valence-corrected chi connectivity index (χ4v) is 1.26. The van der Waals surface area contributed by atoms with Gasteiger partial charge in [-0.3, -0.25) is 5.01 Å². The summed E-state index contributed by atoms with van der Waals surface area (Å²) in [6.07, 6.45) is 1.74. The van der Waals surface area contributed by atoms with Crippen molar-refractivity contribution in [1.82, 2.24) is 10.3 Å². The predicted molar refractivity (Wildman–Crippen MR) is 67.0 cm³/mol. The molecule has 0 radical (unpaired) electrons. The van der Waals surface area contributed by atoms with Crippen LogP contribution in [0.15, 0.2) is 43.0 Å². The average Bonchev–Trinajstić information content (AvgIpc) is 2.27. The summed E-state index contributed by atoms with van der Waals surface area (Å²) in [6, 6.07) is 9.94. The molecule has 0 saturated carbocycles. The standard InChI is InChI=1S/C11H15N3S/c1-2-8-13-11(15)14(12)9-10-6-4-3-5-7-10/h2-7H,1,8-9,12H2,(H,13,15).